The maximum Gasteiger partial charge on any atom is 0.421 e. The lowest BCUT2D eigenvalue weighted by Gasteiger charge is -2.13. The molecule has 0 N–H and O–H groups in total. The van der Waals surface area contributed by atoms with E-state index in [0.29, 0.717) is 4.47 Å². The summed E-state index contributed by atoms with van der Waals surface area (Å²) in [6.07, 6.45) is -3.35. The number of halogens is 4. The molecule has 2 heterocycles. The van der Waals surface area contributed by atoms with Crippen molar-refractivity contribution in [3.05, 3.63) is 38.7 Å². The lowest BCUT2D eigenvalue weighted by molar-refractivity contribution is -0.139. The normalized spacial score (nSPS) is 11.4. The van der Waals surface area contributed by atoms with Crippen molar-refractivity contribution in [1.29, 1.82) is 0 Å². The fraction of sp³-hybridized carbons (Fsp3) is 0.250. The fourth-order valence-electron chi connectivity index (χ4n) is 1.69. The first-order valence-electron chi connectivity index (χ1n) is 5.74. The maximum atomic E-state index is 12.8. The summed E-state index contributed by atoms with van der Waals surface area (Å²) in [6, 6.07) is 1.79. The molecular formula is C12H9BrF3N3O3. The van der Waals surface area contributed by atoms with E-state index < -0.39 is 23.2 Å². The predicted octanol–water partition coefficient (Wildman–Crippen LogP) is 2.43. The van der Waals surface area contributed by atoms with E-state index in [9.17, 15) is 18.0 Å². The minimum Gasteiger partial charge on any atom is -0.490 e. The topological polar surface area (TPSA) is 66.2 Å². The highest BCUT2D eigenvalue weighted by atomic mass is 79.9. The molecule has 0 spiro atoms. The monoisotopic (exact) mass is 379 g/mol. The number of rotatable bonds is 3. The van der Waals surface area contributed by atoms with Crippen molar-refractivity contribution in [2.75, 3.05) is 14.2 Å². The second kappa shape index (κ2) is 5.95. The van der Waals surface area contributed by atoms with Gasteiger partial charge in [0.25, 0.3) is 0 Å². The first-order chi connectivity index (χ1) is 10.3. The maximum absolute atomic E-state index is 12.8. The summed E-state index contributed by atoms with van der Waals surface area (Å²) in [7, 11) is 2.34. The molecule has 0 bridgehead atoms. The van der Waals surface area contributed by atoms with Gasteiger partial charge in [-0.3, -0.25) is 4.79 Å². The van der Waals surface area contributed by atoms with Gasteiger partial charge >= 0.3 is 11.7 Å². The van der Waals surface area contributed by atoms with E-state index in [0.717, 1.165) is 23.9 Å². The molecule has 0 aromatic carbocycles. The molecule has 2 rings (SSSR count). The molecule has 0 aliphatic heterocycles. The molecule has 2 aromatic rings. The summed E-state index contributed by atoms with van der Waals surface area (Å²) in [5.74, 6) is -0.822. The number of aromatic nitrogens is 3. The summed E-state index contributed by atoms with van der Waals surface area (Å²) in [5.41, 5.74) is -1.72. The minimum atomic E-state index is -4.62. The van der Waals surface area contributed by atoms with Crippen LogP contribution in [-0.2, 0) is 6.18 Å². The number of ether oxygens (including phenoxy) is 2. The molecular weight excluding hydrogens is 371 g/mol. The van der Waals surface area contributed by atoms with Gasteiger partial charge in [-0.1, -0.05) is 0 Å². The number of hydrogen-bond donors (Lipinski definition) is 0. The van der Waals surface area contributed by atoms with Gasteiger partial charge in [0, 0.05) is 0 Å². The molecule has 2 aromatic heterocycles. The Kier molecular flexibility index (Phi) is 4.40. The first kappa shape index (κ1) is 16.3. The molecule has 0 aliphatic rings. The van der Waals surface area contributed by atoms with E-state index in [2.05, 4.69) is 30.7 Å². The SMILES string of the molecule is COc1nc(-n2ncc(Br)c(OC)c2=O)ccc1C(F)(F)F. The smallest absolute Gasteiger partial charge is 0.421 e. The molecule has 0 amide bonds. The zero-order valence-electron chi connectivity index (χ0n) is 11.3. The number of alkyl halides is 3. The standard InChI is InChI=1S/C12H9BrF3N3O3/c1-21-9-7(13)5-17-19(11(9)20)8-4-3-6(12(14,15)16)10(18-8)22-2/h3-5H,1-2H3. The van der Waals surface area contributed by atoms with Crippen LogP contribution in [0.5, 0.6) is 11.6 Å². The fourth-order valence-corrected chi connectivity index (χ4v) is 2.11. The zero-order valence-corrected chi connectivity index (χ0v) is 12.9. The lowest BCUT2D eigenvalue weighted by Crippen LogP contribution is -2.24. The minimum absolute atomic E-state index is 0.0457. The quantitative estimate of drug-likeness (QED) is 0.819. The molecule has 0 atom stereocenters. The molecule has 6 nitrogen and oxygen atoms in total. The number of hydrogen-bond acceptors (Lipinski definition) is 5. The van der Waals surface area contributed by atoms with E-state index in [1.807, 2.05) is 0 Å². The second-order valence-corrected chi connectivity index (χ2v) is 4.82. The number of nitrogens with zero attached hydrogens (tertiary/aromatic N) is 3. The predicted molar refractivity (Wildman–Crippen MR) is 73.4 cm³/mol. The van der Waals surface area contributed by atoms with Crippen molar-refractivity contribution < 1.29 is 22.6 Å². The van der Waals surface area contributed by atoms with Crippen LogP contribution in [-0.4, -0.2) is 29.0 Å². The Hall–Kier alpha value is -2.10. The highest BCUT2D eigenvalue weighted by Crippen LogP contribution is 2.35. The molecule has 0 aliphatic carbocycles. The second-order valence-electron chi connectivity index (χ2n) is 3.97. The Balaban J connectivity index is 2.63. The van der Waals surface area contributed by atoms with Crippen molar-refractivity contribution in [2.24, 2.45) is 0 Å². The highest BCUT2D eigenvalue weighted by molar-refractivity contribution is 9.10. The average Bonchev–Trinajstić information content (AvgIpc) is 2.46. The van der Waals surface area contributed by atoms with Crippen molar-refractivity contribution in [1.82, 2.24) is 14.8 Å². The van der Waals surface area contributed by atoms with Gasteiger partial charge in [-0.25, -0.2) is 0 Å². The third-order valence-electron chi connectivity index (χ3n) is 2.66. The Labute approximate surface area is 130 Å². The molecule has 0 unspecified atom stereocenters. The summed E-state index contributed by atoms with van der Waals surface area (Å²) < 4.78 is 49.0. The van der Waals surface area contributed by atoms with Crippen LogP contribution in [0.25, 0.3) is 5.82 Å². The molecule has 118 valence electrons. The van der Waals surface area contributed by atoms with Gasteiger partial charge in [-0.2, -0.15) is 27.9 Å². The van der Waals surface area contributed by atoms with Crippen LogP contribution in [0.15, 0.2) is 27.6 Å². The van der Waals surface area contributed by atoms with Crippen LogP contribution in [0.2, 0.25) is 0 Å². The Morgan fingerprint density at radius 3 is 2.45 bits per heavy atom. The van der Waals surface area contributed by atoms with E-state index in [-0.39, 0.29) is 11.6 Å². The van der Waals surface area contributed by atoms with Crippen molar-refractivity contribution in [3.8, 4) is 17.4 Å². The van der Waals surface area contributed by atoms with E-state index in [1.54, 1.807) is 0 Å². The first-order valence-corrected chi connectivity index (χ1v) is 6.53. The van der Waals surface area contributed by atoms with Crippen LogP contribution in [0.1, 0.15) is 5.56 Å². The van der Waals surface area contributed by atoms with Crippen molar-refractivity contribution >= 4 is 15.9 Å². The molecule has 0 fully saturated rings. The highest BCUT2D eigenvalue weighted by Gasteiger charge is 2.35. The van der Waals surface area contributed by atoms with Gasteiger partial charge in [0.1, 0.15) is 5.56 Å². The molecule has 0 saturated carbocycles. The van der Waals surface area contributed by atoms with Crippen LogP contribution < -0.4 is 15.0 Å². The van der Waals surface area contributed by atoms with Crippen LogP contribution in [0.4, 0.5) is 13.2 Å². The Morgan fingerprint density at radius 1 is 1.23 bits per heavy atom. The number of methoxy groups -OCH3 is 2. The third kappa shape index (κ3) is 2.91. The summed E-state index contributed by atoms with van der Waals surface area (Å²) in [6.45, 7) is 0. The number of pyridine rings is 1. The van der Waals surface area contributed by atoms with E-state index in [1.165, 1.54) is 13.3 Å². The van der Waals surface area contributed by atoms with Gasteiger partial charge in [0.2, 0.25) is 11.6 Å². The van der Waals surface area contributed by atoms with Crippen molar-refractivity contribution in [2.45, 2.75) is 6.18 Å². The molecule has 0 saturated heterocycles. The summed E-state index contributed by atoms with van der Waals surface area (Å²) in [5, 5.41) is 3.80. The largest absolute Gasteiger partial charge is 0.490 e. The van der Waals surface area contributed by atoms with Crippen molar-refractivity contribution in [3.63, 3.8) is 0 Å². The summed E-state index contributed by atoms with van der Waals surface area (Å²) in [4.78, 5) is 15.8. The van der Waals surface area contributed by atoms with Crippen LogP contribution in [0, 0.1) is 0 Å². The van der Waals surface area contributed by atoms with Gasteiger partial charge in [-0.05, 0) is 28.1 Å². The van der Waals surface area contributed by atoms with Gasteiger partial charge in [0.05, 0.1) is 24.9 Å². The van der Waals surface area contributed by atoms with Gasteiger partial charge in [-0.15, -0.1) is 0 Å². The molecule has 10 heteroatoms. The molecule has 0 radical (unpaired) electrons. The Morgan fingerprint density at radius 2 is 1.91 bits per heavy atom. The summed E-state index contributed by atoms with van der Waals surface area (Å²) >= 11 is 3.09. The van der Waals surface area contributed by atoms with E-state index in [4.69, 9.17) is 4.74 Å². The zero-order chi connectivity index (χ0) is 16.5. The van der Waals surface area contributed by atoms with Gasteiger partial charge < -0.3 is 9.47 Å². The van der Waals surface area contributed by atoms with Gasteiger partial charge in [0.15, 0.2) is 5.82 Å². The molecule has 22 heavy (non-hydrogen) atoms. The van der Waals surface area contributed by atoms with Crippen LogP contribution >= 0.6 is 15.9 Å². The van der Waals surface area contributed by atoms with Crippen LogP contribution in [0.3, 0.4) is 0 Å². The lowest BCUT2D eigenvalue weighted by atomic mass is 10.2. The third-order valence-corrected chi connectivity index (χ3v) is 3.22. The Bertz CT molecular complexity index is 762. The van der Waals surface area contributed by atoms with E-state index >= 15 is 0 Å². The average molecular weight is 380 g/mol.